The van der Waals surface area contributed by atoms with Crippen LogP contribution in [-0.4, -0.2) is 78.1 Å². The van der Waals surface area contributed by atoms with Gasteiger partial charge in [0.1, 0.15) is 18.0 Å². The third kappa shape index (κ3) is 5.31. The van der Waals surface area contributed by atoms with Gasteiger partial charge >= 0.3 is 6.09 Å². The Hall–Kier alpha value is -4.25. The number of aromatic nitrogens is 5. The Morgan fingerprint density at radius 2 is 1.89 bits per heavy atom. The highest BCUT2D eigenvalue weighted by molar-refractivity contribution is 5.83. The molecule has 4 N–H and O–H groups in total. The van der Waals surface area contributed by atoms with Crippen molar-refractivity contribution >= 4 is 34.7 Å². The summed E-state index contributed by atoms with van der Waals surface area (Å²) >= 11 is 0. The molecule has 1 saturated carbocycles. The van der Waals surface area contributed by atoms with Crippen LogP contribution in [0.15, 0.2) is 48.9 Å². The first-order valence-corrected chi connectivity index (χ1v) is 12.6. The fraction of sp³-hybridized carbons (Fsp3) is 0.346. The van der Waals surface area contributed by atoms with Crippen LogP contribution in [0.5, 0.6) is 0 Å². The highest BCUT2D eigenvalue weighted by atomic mass is 16.4. The number of fused-ring (bicyclic) bond motifs is 1. The second-order valence-electron chi connectivity index (χ2n) is 9.60. The smallest absolute Gasteiger partial charge is 0.407 e. The van der Waals surface area contributed by atoms with Crippen molar-refractivity contribution in [3.8, 4) is 11.3 Å². The second kappa shape index (κ2) is 10.0. The van der Waals surface area contributed by atoms with Crippen LogP contribution in [-0.2, 0) is 6.54 Å². The summed E-state index contributed by atoms with van der Waals surface area (Å²) in [6.07, 6.45) is 6.18. The van der Waals surface area contributed by atoms with Gasteiger partial charge in [-0.05, 0) is 49.1 Å². The molecular weight excluding hydrogens is 470 g/mol. The molecule has 37 heavy (non-hydrogen) atoms. The highest BCUT2D eigenvalue weighted by Gasteiger charge is 2.20. The highest BCUT2D eigenvalue weighted by Crippen LogP contribution is 2.27. The Bertz CT molecular complexity index is 1410. The van der Waals surface area contributed by atoms with Crippen molar-refractivity contribution in [2.75, 3.05) is 36.8 Å². The van der Waals surface area contributed by atoms with Gasteiger partial charge in [0, 0.05) is 56.6 Å². The maximum absolute atomic E-state index is 11.1. The molecule has 2 aliphatic rings. The van der Waals surface area contributed by atoms with Crippen LogP contribution in [0.25, 0.3) is 22.3 Å². The van der Waals surface area contributed by atoms with Crippen LogP contribution < -0.4 is 10.6 Å². The number of aromatic amines is 1. The van der Waals surface area contributed by atoms with Gasteiger partial charge in [-0.2, -0.15) is 0 Å². The van der Waals surface area contributed by atoms with E-state index in [0.29, 0.717) is 44.0 Å². The first-order valence-electron chi connectivity index (χ1n) is 12.6. The SMILES string of the molecule is O=C(O)N1CCN(Cc2ccnc(Nc3nc4ccc(-c5cc(NC6CCC6)ncn5)cc4[nH]3)c2)CC1. The van der Waals surface area contributed by atoms with E-state index in [2.05, 4.69) is 40.5 Å². The number of hydrogen-bond donors (Lipinski definition) is 4. The van der Waals surface area contributed by atoms with E-state index >= 15 is 0 Å². The van der Waals surface area contributed by atoms with E-state index in [9.17, 15) is 4.79 Å². The number of nitrogens with zero attached hydrogens (tertiary/aromatic N) is 6. The zero-order valence-corrected chi connectivity index (χ0v) is 20.4. The molecule has 0 unspecified atom stereocenters. The number of pyridine rings is 1. The van der Waals surface area contributed by atoms with Crippen LogP contribution in [0, 0.1) is 0 Å². The van der Waals surface area contributed by atoms with Crippen molar-refractivity contribution in [3.05, 3.63) is 54.5 Å². The van der Waals surface area contributed by atoms with E-state index in [1.165, 1.54) is 24.2 Å². The van der Waals surface area contributed by atoms with Crippen molar-refractivity contribution < 1.29 is 9.90 Å². The molecule has 1 saturated heterocycles. The van der Waals surface area contributed by atoms with Gasteiger partial charge in [0.2, 0.25) is 5.95 Å². The van der Waals surface area contributed by atoms with Gasteiger partial charge in [-0.1, -0.05) is 6.07 Å². The number of H-pyrrole nitrogens is 1. The summed E-state index contributed by atoms with van der Waals surface area (Å²) in [5.74, 6) is 2.17. The number of benzene rings is 1. The van der Waals surface area contributed by atoms with Gasteiger partial charge in [0.05, 0.1) is 16.7 Å². The molecule has 2 fully saturated rings. The standard InChI is InChI=1S/C26H29N9O2/c36-26(37)35-10-8-34(9-11-35)15-17-6-7-27-23(12-17)33-25-31-20-5-4-18(13-22(20)32-25)21-14-24(29-16-28-21)30-19-2-1-3-19/h4-7,12-14,16,19H,1-3,8-11,15H2,(H,36,37)(H,28,29,30)(H2,27,31,32,33). The molecule has 0 bridgehead atoms. The minimum absolute atomic E-state index is 0.515. The molecule has 0 radical (unpaired) electrons. The van der Waals surface area contributed by atoms with Crippen LogP contribution in [0.4, 0.5) is 22.4 Å². The molecular formula is C26H29N9O2. The maximum Gasteiger partial charge on any atom is 0.407 e. The molecule has 3 aromatic heterocycles. The van der Waals surface area contributed by atoms with Gasteiger partial charge in [-0.15, -0.1) is 0 Å². The van der Waals surface area contributed by atoms with E-state index in [4.69, 9.17) is 5.11 Å². The van der Waals surface area contributed by atoms with E-state index in [-0.39, 0.29) is 0 Å². The fourth-order valence-electron chi connectivity index (χ4n) is 4.70. The first-order chi connectivity index (χ1) is 18.1. The third-order valence-corrected chi connectivity index (χ3v) is 7.02. The molecule has 1 aliphatic heterocycles. The molecule has 1 aliphatic carbocycles. The minimum Gasteiger partial charge on any atom is -0.465 e. The number of nitrogens with one attached hydrogen (secondary N) is 3. The Balaban J connectivity index is 1.13. The largest absolute Gasteiger partial charge is 0.465 e. The summed E-state index contributed by atoms with van der Waals surface area (Å²) in [5, 5.41) is 15.9. The van der Waals surface area contributed by atoms with E-state index in [1.807, 2.05) is 36.4 Å². The number of rotatable bonds is 7. The Morgan fingerprint density at radius 1 is 1.03 bits per heavy atom. The van der Waals surface area contributed by atoms with Gasteiger partial charge in [-0.25, -0.2) is 24.7 Å². The number of amides is 1. The molecule has 11 heteroatoms. The summed E-state index contributed by atoms with van der Waals surface area (Å²) in [6.45, 7) is 3.23. The molecule has 6 rings (SSSR count). The van der Waals surface area contributed by atoms with E-state index in [1.54, 1.807) is 12.5 Å². The normalized spacial score (nSPS) is 16.5. The van der Waals surface area contributed by atoms with Gasteiger partial charge in [0.15, 0.2) is 0 Å². The monoisotopic (exact) mass is 499 g/mol. The number of hydrogen-bond acceptors (Lipinski definition) is 8. The lowest BCUT2D eigenvalue weighted by molar-refractivity contribution is 0.103. The molecule has 11 nitrogen and oxygen atoms in total. The molecule has 190 valence electrons. The second-order valence-corrected chi connectivity index (χ2v) is 9.60. The first kappa shape index (κ1) is 23.2. The average Bonchev–Trinajstić information content (AvgIpc) is 3.28. The van der Waals surface area contributed by atoms with Crippen molar-refractivity contribution in [3.63, 3.8) is 0 Å². The maximum atomic E-state index is 11.1. The van der Waals surface area contributed by atoms with Crippen molar-refractivity contribution in [1.29, 1.82) is 0 Å². The molecule has 0 atom stereocenters. The average molecular weight is 500 g/mol. The quantitative estimate of drug-likeness (QED) is 0.298. The van der Waals surface area contributed by atoms with Crippen LogP contribution in [0.1, 0.15) is 24.8 Å². The number of carboxylic acid groups (broad SMARTS) is 1. The molecule has 1 amide bonds. The molecule has 0 spiro atoms. The predicted octanol–water partition coefficient (Wildman–Crippen LogP) is 3.92. The van der Waals surface area contributed by atoms with Crippen LogP contribution in [0.3, 0.4) is 0 Å². The Kier molecular flexibility index (Phi) is 6.27. The number of piperazine rings is 1. The Morgan fingerprint density at radius 3 is 2.68 bits per heavy atom. The van der Waals surface area contributed by atoms with Crippen LogP contribution in [0.2, 0.25) is 0 Å². The summed E-state index contributed by atoms with van der Waals surface area (Å²) in [5.41, 5.74) is 4.71. The van der Waals surface area contributed by atoms with Gasteiger partial charge in [-0.3, -0.25) is 4.90 Å². The number of carbonyl (C=O) groups is 1. The van der Waals surface area contributed by atoms with Crippen molar-refractivity contribution in [1.82, 2.24) is 34.7 Å². The zero-order chi connectivity index (χ0) is 25.2. The Labute approximate surface area is 214 Å². The molecule has 4 heterocycles. The number of imidazole rings is 1. The summed E-state index contributed by atoms with van der Waals surface area (Å²) in [4.78, 5) is 36.1. The third-order valence-electron chi connectivity index (χ3n) is 7.02. The van der Waals surface area contributed by atoms with Crippen molar-refractivity contribution in [2.24, 2.45) is 0 Å². The molecule has 1 aromatic carbocycles. The van der Waals surface area contributed by atoms with Gasteiger partial charge in [0.25, 0.3) is 0 Å². The predicted molar refractivity (Wildman–Crippen MR) is 141 cm³/mol. The lowest BCUT2D eigenvalue weighted by Crippen LogP contribution is -2.47. The lowest BCUT2D eigenvalue weighted by Gasteiger charge is -2.33. The summed E-state index contributed by atoms with van der Waals surface area (Å²) in [7, 11) is 0. The summed E-state index contributed by atoms with van der Waals surface area (Å²) < 4.78 is 0. The number of anilines is 3. The summed E-state index contributed by atoms with van der Waals surface area (Å²) in [6, 6.07) is 12.5. The van der Waals surface area contributed by atoms with Crippen LogP contribution >= 0.6 is 0 Å². The lowest BCUT2D eigenvalue weighted by atomic mass is 9.93. The van der Waals surface area contributed by atoms with Gasteiger partial charge < -0.3 is 25.6 Å². The molecule has 4 aromatic rings. The van der Waals surface area contributed by atoms with E-state index < -0.39 is 6.09 Å². The van der Waals surface area contributed by atoms with Crippen molar-refractivity contribution in [2.45, 2.75) is 31.8 Å². The fourth-order valence-corrected chi connectivity index (χ4v) is 4.70. The zero-order valence-electron chi connectivity index (χ0n) is 20.4. The minimum atomic E-state index is -0.851. The topological polar surface area (TPSA) is 135 Å². The van der Waals surface area contributed by atoms with E-state index in [0.717, 1.165) is 40.2 Å².